The molecular weight excluding hydrogens is 370 g/mol. The topological polar surface area (TPSA) is 29.1 Å². The lowest BCUT2D eigenvalue weighted by atomic mass is 9.89. The van der Waals surface area contributed by atoms with Crippen molar-refractivity contribution in [3.8, 4) is 0 Å². The molecule has 1 N–H and O–H groups in total. The molecule has 2 bridgehead atoms. The minimum absolute atomic E-state index is 0.0322. The first-order valence-corrected chi connectivity index (χ1v) is 8.44. The summed E-state index contributed by atoms with van der Waals surface area (Å²) in [6.07, 6.45) is 5.48. The van der Waals surface area contributed by atoms with Gasteiger partial charge in [0.2, 0.25) is 0 Å². The smallest absolute Gasteiger partial charge is 0.251 e. The van der Waals surface area contributed by atoms with E-state index >= 15 is 0 Å². The van der Waals surface area contributed by atoms with E-state index < -0.39 is 0 Å². The van der Waals surface area contributed by atoms with Gasteiger partial charge in [0.05, 0.1) is 0 Å². The zero-order valence-corrected chi connectivity index (χ0v) is 13.8. The van der Waals surface area contributed by atoms with Crippen LogP contribution in [0.3, 0.4) is 0 Å². The predicted octanol–water partition coefficient (Wildman–Crippen LogP) is 4.38. The molecule has 0 aliphatic heterocycles. The standard InChI is InChI=1S/C15H17Br2NO/c16-13-5-11(6-14(17)7-13)15(19)18-8-12-4-9-1-2-10(12)3-9/h5-7,9-10,12H,1-4,8H2,(H,18,19). The summed E-state index contributed by atoms with van der Waals surface area (Å²) < 4.78 is 1.85. The second-order valence-corrected chi connectivity index (χ2v) is 7.63. The Labute approximate surface area is 130 Å². The van der Waals surface area contributed by atoms with Gasteiger partial charge in [0.25, 0.3) is 5.91 Å². The molecule has 3 unspecified atom stereocenters. The van der Waals surface area contributed by atoms with E-state index in [-0.39, 0.29) is 5.91 Å². The van der Waals surface area contributed by atoms with Gasteiger partial charge >= 0.3 is 0 Å². The number of hydrogen-bond donors (Lipinski definition) is 1. The third-order valence-corrected chi connectivity index (χ3v) is 5.45. The first kappa shape index (κ1) is 13.6. The fourth-order valence-electron chi connectivity index (χ4n) is 3.64. The number of carbonyl (C=O) groups excluding carboxylic acids is 1. The molecule has 2 fully saturated rings. The van der Waals surface area contributed by atoms with Crippen molar-refractivity contribution in [1.29, 1.82) is 0 Å². The summed E-state index contributed by atoms with van der Waals surface area (Å²) >= 11 is 6.83. The number of amides is 1. The average molecular weight is 387 g/mol. The largest absolute Gasteiger partial charge is 0.352 e. The second-order valence-electron chi connectivity index (χ2n) is 5.80. The van der Waals surface area contributed by atoms with Crippen LogP contribution in [0.5, 0.6) is 0 Å². The minimum Gasteiger partial charge on any atom is -0.352 e. The van der Waals surface area contributed by atoms with Crippen LogP contribution < -0.4 is 5.32 Å². The molecule has 0 saturated heterocycles. The highest BCUT2D eigenvalue weighted by Crippen LogP contribution is 2.47. The van der Waals surface area contributed by atoms with Crippen molar-refractivity contribution >= 4 is 37.8 Å². The van der Waals surface area contributed by atoms with Crippen LogP contribution in [0.15, 0.2) is 27.1 Å². The van der Waals surface area contributed by atoms with Gasteiger partial charge in [-0.15, -0.1) is 0 Å². The average Bonchev–Trinajstić information content (AvgIpc) is 2.96. The Morgan fingerprint density at radius 3 is 2.47 bits per heavy atom. The molecule has 2 nitrogen and oxygen atoms in total. The molecule has 2 aliphatic rings. The summed E-state index contributed by atoms with van der Waals surface area (Å²) in [6, 6.07) is 5.66. The number of rotatable bonds is 3. The van der Waals surface area contributed by atoms with Crippen molar-refractivity contribution in [3.63, 3.8) is 0 Å². The molecule has 3 rings (SSSR count). The van der Waals surface area contributed by atoms with Gasteiger partial charge in [-0.05, 0) is 55.2 Å². The Morgan fingerprint density at radius 2 is 1.89 bits per heavy atom. The van der Waals surface area contributed by atoms with Gasteiger partial charge < -0.3 is 5.32 Å². The van der Waals surface area contributed by atoms with Crippen LogP contribution in [-0.4, -0.2) is 12.5 Å². The van der Waals surface area contributed by atoms with Gasteiger partial charge in [-0.2, -0.15) is 0 Å². The van der Waals surface area contributed by atoms with Gasteiger partial charge in [-0.1, -0.05) is 38.3 Å². The highest BCUT2D eigenvalue weighted by molar-refractivity contribution is 9.11. The fraction of sp³-hybridized carbons (Fsp3) is 0.533. The van der Waals surface area contributed by atoms with Crippen LogP contribution in [0, 0.1) is 17.8 Å². The third-order valence-electron chi connectivity index (χ3n) is 4.53. The zero-order valence-electron chi connectivity index (χ0n) is 10.7. The molecule has 2 saturated carbocycles. The van der Waals surface area contributed by atoms with E-state index in [1.165, 1.54) is 25.7 Å². The molecule has 0 heterocycles. The van der Waals surface area contributed by atoms with Crippen molar-refractivity contribution in [2.75, 3.05) is 6.54 Å². The number of nitrogens with one attached hydrogen (secondary N) is 1. The Kier molecular flexibility index (Phi) is 3.99. The van der Waals surface area contributed by atoms with E-state index in [2.05, 4.69) is 37.2 Å². The van der Waals surface area contributed by atoms with Gasteiger partial charge in [-0.3, -0.25) is 4.79 Å². The molecule has 0 radical (unpaired) electrons. The summed E-state index contributed by atoms with van der Waals surface area (Å²) in [5.41, 5.74) is 0.712. The Balaban J connectivity index is 1.59. The maximum absolute atomic E-state index is 12.2. The predicted molar refractivity (Wildman–Crippen MR) is 83.1 cm³/mol. The summed E-state index contributed by atoms with van der Waals surface area (Å²) in [5, 5.41) is 3.10. The van der Waals surface area contributed by atoms with Crippen LogP contribution >= 0.6 is 31.9 Å². The van der Waals surface area contributed by atoms with Crippen molar-refractivity contribution in [1.82, 2.24) is 5.32 Å². The molecule has 1 aromatic carbocycles. The fourth-order valence-corrected chi connectivity index (χ4v) is 4.93. The number of benzene rings is 1. The van der Waals surface area contributed by atoms with Crippen molar-refractivity contribution in [3.05, 3.63) is 32.7 Å². The third kappa shape index (κ3) is 3.05. The maximum Gasteiger partial charge on any atom is 0.251 e. The molecule has 0 spiro atoms. The van der Waals surface area contributed by atoms with E-state index in [4.69, 9.17) is 0 Å². The molecule has 102 valence electrons. The van der Waals surface area contributed by atoms with E-state index in [0.29, 0.717) is 11.5 Å². The van der Waals surface area contributed by atoms with Crippen molar-refractivity contribution in [2.24, 2.45) is 17.8 Å². The van der Waals surface area contributed by atoms with Crippen LogP contribution in [0.25, 0.3) is 0 Å². The highest BCUT2D eigenvalue weighted by Gasteiger charge is 2.39. The number of fused-ring (bicyclic) bond motifs is 2. The lowest BCUT2D eigenvalue weighted by Crippen LogP contribution is -2.31. The van der Waals surface area contributed by atoms with E-state index in [1.807, 2.05) is 18.2 Å². The monoisotopic (exact) mass is 385 g/mol. The maximum atomic E-state index is 12.2. The summed E-state index contributed by atoms with van der Waals surface area (Å²) in [7, 11) is 0. The normalized spacial score (nSPS) is 28.6. The second kappa shape index (κ2) is 5.57. The van der Waals surface area contributed by atoms with Gasteiger partial charge in [0.15, 0.2) is 0 Å². The zero-order chi connectivity index (χ0) is 13.4. The van der Waals surface area contributed by atoms with Gasteiger partial charge in [0, 0.05) is 21.1 Å². The van der Waals surface area contributed by atoms with Crippen LogP contribution in [0.2, 0.25) is 0 Å². The molecular formula is C15H17Br2NO. The van der Waals surface area contributed by atoms with Crippen molar-refractivity contribution in [2.45, 2.75) is 25.7 Å². The van der Waals surface area contributed by atoms with E-state index in [0.717, 1.165) is 27.3 Å². The number of carbonyl (C=O) groups is 1. The molecule has 19 heavy (non-hydrogen) atoms. The number of halogens is 2. The quantitative estimate of drug-likeness (QED) is 0.820. The molecule has 0 aromatic heterocycles. The van der Waals surface area contributed by atoms with Crippen molar-refractivity contribution < 1.29 is 4.79 Å². The van der Waals surface area contributed by atoms with Gasteiger partial charge in [0.1, 0.15) is 0 Å². The Morgan fingerprint density at radius 1 is 1.16 bits per heavy atom. The summed E-state index contributed by atoms with van der Waals surface area (Å²) in [6.45, 7) is 0.837. The Hall–Kier alpha value is -0.350. The highest BCUT2D eigenvalue weighted by atomic mass is 79.9. The first-order chi connectivity index (χ1) is 9.11. The van der Waals surface area contributed by atoms with Crippen LogP contribution in [-0.2, 0) is 0 Å². The molecule has 1 amide bonds. The summed E-state index contributed by atoms with van der Waals surface area (Å²) in [5.74, 6) is 2.54. The lowest BCUT2D eigenvalue weighted by Gasteiger charge is -2.21. The SMILES string of the molecule is O=C(NCC1CC2CCC1C2)c1cc(Br)cc(Br)c1. The minimum atomic E-state index is 0.0322. The molecule has 4 heteroatoms. The Bertz CT molecular complexity index is 483. The first-order valence-electron chi connectivity index (χ1n) is 6.86. The lowest BCUT2D eigenvalue weighted by molar-refractivity contribution is 0.0941. The molecule has 2 aliphatic carbocycles. The number of hydrogen-bond acceptors (Lipinski definition) is 1. The van der Waals surface area contributed by atoms with Crippen LogP contribution in [0.4, 0.5) is 0 Å². The van der Waals surface area contributed by atoms with E-state index in [1.54, 1.807) is 0 Å². The molecule has 3 atom stereocenters. The van der Waals surface area contributed by atoms with Gasteiger partial charge in [-0.25, -0.2) is 0 Å². The molecule has 1 aromatic rings. The summed E-state index contributed by atoms with van der Waals surface area (Å²) in [4.78, 5) is 12.2. The van der Waals surface area contributed by atoms with E-state index in [9.17, 15) is 4.79 Å². The van der Waals surface area contributed by atoms with Crippen LogP contribution in [0.1, 0.15) is 36.0 Å².